The fraction of sp³-hybridized carbons (Fsp3) is 0.231. The van der Waals surface area contributed by atoms with E-state index < -0.39 is 0 Å². The molecule has 1 aromatic heterocycles. The molecule has 0 aliphatic rings. The minimum Gasteiger partial charge on any atom is -0.496 e. The van der Waals surface area contributed by atoms with Gasteiger partial charge in [-0.2, -0.15) is 5.10 Å². The zero-order chi connectivity index (χ0) is 13.3. The number of aromatic nitrogens is 2. The number of nitrogen functional groups attached to an aromatic ring is 1. The molecule has 0 saturated carbocycles. The van der Waals surface area contributed by atoms with Crippen LogP contribution in [0.25, 0.3) is 11.3 Å². The second kappa shape index (κ2) is 4.52. The van der Waals surface area contributed by atoms with E-state index in [-0.39, 0.29) is 11.2 Å². The highest BCUT2D eigenvalue weighted by molar-refractivity contribution is 5.64. The van der Waals surface area contributed by atoms with Crippen LogP contribution in [0.1, 0.15) is 5.56 Å². The number of nitrogens with two attached hydrogens (primary N) is 1. The maximum absolute atomic E-state index is 11.5. The summed E-state index contributed by atoms with van der Waals surface area (Å²) in [4.78, 5) is 11.5. The van der Waals surface area contributed by atoms with Gasteiger partial charge < -0.3 is 10.5 Å². The topological polar surface area (TPSA) is 70.1 Å². The van der Waals surface area contributed by atoms with Gasteiger partial charge in [0.2, 0.25) is 0 Å². The van der Waals surface area contributed by atoms with Crippen molar-refractivity contribution in [2.45, 2.75) is 6.92 Å². The Bertz CT molecular complexity index is 621. The summed E-state index contributed by atoms with van der Waals surface area (Å²) in [5.74, 6) is 0.816. The van der Waals surface area contributed by atoms with Crippen LogP contribution in [0, 0.1) is 6.92 Å². The standard InChI is InChI=1S/C13H15N3O2/c1-8-6-9(4-5-12(8)18-3)11-7-10(14)13(17)16(2)15-11/h4-7H,14H2,1-3H3. The van der Waals surface area contributed by atoms with Gasteiger partial charge in [0.1, 0.15) is 11.4 Å². The molecule has 0 bridgehead atoms. The molecule has 1 heterocycles. The van der Waals surface area contributed by atoms with E-state index in [2.05, 4.69) is 5.10 Å². The van der Waals surface area contributed by atoms with Gasteiger partial charge in [0.15, 0.2) is 0 Å². The quantitative estimate of drug-likeness (QED) is 0.867. The van der Waals surface area contributed by atoms with Crippen molar-refractivity contribution in [1.29, 1.82) is 0 Å². The number of hydrogen-bond acceptors (Lipinski definition) is 4. The number of aryl methyl sites for hydroxylation is 2. The van der Waals surface area contributed by atoms with Gasteiger partial charge in [-0.3, -0.25) is 4.79 Å². The SMILES string of the molecule is COc1ccc(-c2cc(N)c(=O)n(C)n2)cc1C. The molecule has 2 rings (SSSR count). The van der Waals surface area contributed by atoms with Gasteiger partial charge in [-0.25, -0.2) is 4.68 Å². The van der Waals surface area contributed by atoms with Crippen molar-refractivity contribution in [3.05, 3.63) is 40.2 Å². The third kappa shape index (κ3) is 2.07. The maximum Gasteiger partial charge on any atom is 0.289 e. The Hall–Kier alpha value is -2.30. The number of rotatable bonds is 2. The van der Waals surface area contributed by atoms with E-state index in [1.54, 1.807) is 20.2 Å². The zero-order valence-electron chi connectivity index (χ0n) is 10.6. The van der Waals surface area contributed by atoms with Gasteiger partial charge in [-0.1, -0.05) is 0 Å². The molecule has 0 atom stereocenters. The molecule has 0 amide bonds. The lowest BCUT2D eigenvalue weighted by Crippen LogP contribution is -2.22. The number of hydrogen-bond donors (Lipinski definition) is 1. The summed E-state index contributed by atoms with van der Waals surface area (Å²) >= 11 is 0. The predicted octanol–water partition coefficient (Wildman–Crippen LogP) is 1.35. The number of anilines is 1. The number of nitrogens with zero attached hydrogens (tertiary/aromatic N) is 2. The van der Waals surface area contributed by atoms with E-state index in [0.29, 0.717) is 5.69 Å². The van der Waals surface area contributed by atoms with E-state index in [4.69, 9.17) is 10.5 Å². The fourth-order valence-electron chi connectivity index (χ4n) is 1.81. The first-order valence-corrected chi connectivity index (χ1v) is 5.51. The van der Waals surface area contributed by atoms with E-state index in [0.717, 1.165) is 16.9 Å². The van der Waals surface area contributed by atoms with Gasteiger partial charge >= 0.3 is 0 Å². The molecule has 0 radical (unpaired) electrons. The summed E-state index contributed by atoms with van der Waals surface area (Å²) < 4.78 is 6.44. The van der Waals surface area contributed by atoms with Crippen LogP contribution in [0.5, 0.6) is 5.75 Å². The van der Waals surface area contributed by atoms with Crippen LogP contribution in [0.4, 0.5) is 5.69 Å². The van der Waals surface area contributed by atoms with E-state index in [9.17, 15) is 4.79 Å². The number of ether oxygens (including phenoxy) is 1. The lowest BCUT2D eigenvalue weighted by molar-refractivity contribution is 0.412. The summed E-state index contributed by atoms with van der Waals surface area (Å²) in [7, 11) is 3.21. The summed E-state index contributed by atoms with van der Waals surface area (Å²) in [6.07, 6.45) is 0. The van der Waals surface area contributed by atoms with E-state index in [1.165, 1.54) is 4.68 Å². The molecular formula is C13H15N3O2. The van der Waals surface area contributed by atoms with Crippen molar-refractivity contribution < 1.29 is 4.74 Å². The highest BCUT2D eigenvalue weighted by atomic mass is 16.5. The Labute approximate surface area is 105 Å². The highest BCUT2D eigenvalue weighted by Crippen LogP contribution is 2.24. The molecule has 0 saturated heterocycles. The van der Waals surface area contributed by atoms with Gasteiger partial charge in [-0.15, -0.1) is 0 Å². The third-order valence-corrected chi connectivity index (χ3v) is 2.78. The van der Waals surface area contributed by atoms with Gasteiger partial charge in [-0.05, 0) is 36.8 Å². The van der Waals surface area contributed by atoms with Crippen molar-refractivity contribution in [3.63, 3.8) is 0 Å². The summed E-state index contributed by atoms with van der Waals surface area (Å²) in [6, 6.07) is 7.29. The summed E-state index contributed by atoms with van der Waals surface area (Å²) in [5.41, 5.74) is 8.13. The molecule has 5 nitrogen and oxygen atoms in total. The zero-order valence-corrected chi connectivity index (χ0v) is 10.6. The van der Waals surface area contributed by atoms with Crippen molar-refractivity contribution in [1.82, 2.24) is 9.78 Å². The average molecular weight is 245 g/mol. The highest BCUT2D eigenvalue weighted by Gasteiger charge is 2.07. The fourth-order valence-corrected chi connectivity index (χ4v) is 1.81. The molecule has 0 unspecified atom stereocenters. The Morgan fingerprint density at radius 2 is 2.06 bits per heavy atom. The maximum atomic E-state index is 11.5. The van der Waals surface area contributed by atoms with E-state index in [1.807, 2.05) is 25.1 Å². The Kier molecular flexibility index (Phi) is 3.06. The first kappa shape index (κ1) is 12.2. The monoisotopic (exact) mass is 245 g/mol. The second-order valence-corrected chi connectivity index (χ2v) is 4.10. The van der Waals surface area contributed by atoms with Crippen LogP contribution in [-0.2, 0) is 7.05 Å². The van der Waals surface area contributed by atoms with Crippen LogP contribution in [0.2, 0.25) is 0 Å². The van der Waals surface area contributed by atoms with E-state index >= 15 is 0 Å². The lowest BCUT2D eigenvalue weighted by Gasteiger charge is -2.08. The van der Waals surface area contributed by atoms with Crippen molar-refractivity contribution >= 4 is 5.69 Å². The molecule has 0 spiro atoms. The van der Waals surface area contributed by atoms with Gasteiger partial charge in [0, 0.05) is 12.6 Å². The molecule has 18 heavy (non-hydrogen) atoms. The molecule has 0 fully saturated rings. The van der Waals surface area contributed by atoms with Crippen molar-refractivity contribution in [2.75, 3.05) is 12.8 Å². The molecule has 2 N–H and O–H groups in total. The molecule has 5 heteroatoms. The van der Waals surface area contributed by atoms with Gasteiger partial charge in [0.05, 0.1) is 12.8 Å². The minimum absolute atomic E-state index is 0.191. The second-order valence-electron chi connectivity index (χ2n) is 4.10. The first-order valence-electron chi connectivity index (χ1n) is 5.51. The number of benzene rings is 1. The predicted molar refractivity (Wildman–Crippen MR) is 70.6 cm³/mol. The lowest BCUT2D eigenvalue weighted by atomic mass is 10.1. The smallest absolute Gasteiger partial charge is 0.289 e. The molecule has 2 aromatic rings. The van der Waals surface area contributed by atoms with Crippen LogP contribution in [-0.4, -0.2) is 16.9 Å². The van der Waals surface area contributed by atoms with Crippen LogP contribution in [0.15, 0.2) is 29.1 Å². The molecule has 0 aliphatic heterocycles. The summed E-state index contributed by atoms with van der Waals surface area (Å²) in [5, 5.41) is 4.18. The molecular weight excluding hydrogens is 230 g/mol. The molecule has 0 aliphatic carbocycles. The Morgan fingerprint density at radius 3 is 2.61 bits per heavy atom. The third-order valence-electron chi connectivity index (χ3n) is 2.78. The Morgan fingerprint density at radius 1 is 1.33 bits per heavy atom. The van der Waals surface area contributed by atoms with Crippen LogP contribution in [0.3, 0.4) is 0 Å². The molecule has 94 valence electrons. The van der Waals surface area contributed by atoms with Crippen molar-refractivity contribution in [3.8, 4) is 17.0 Å². The average Bonchev–Trinajstić information content (AvgIpc) is 2.35. The van der Waals surface area contributed by atoms with Gasteiger partial charge in [0.25, 0.3) is 5.56 Å². The largest absolute Gasteiger partial charge is 0.496 e. The Balaban J connectivity index is 2.56. The number of methoxy groups -OCH3 is 1. The van der Waals surface area contributed by atoms with Crippen molar-refractivity contribution in [2.24, 2.45) is 7.05 Å². The normalized spacial score (nSPS) is 10.4. The van der Waals surface area contributed by atoms with Crippen LogP contribution < -0.4 is 16.0 Å². The molecule has 1 aromatic carbocycles. The van der Waals surface area contributed by atoms with Crippen LogP contribution >= 0.6 is 0 Å². The minimum atomic E-state index is -0.288. The summed E-state index contributed by atoms with van der Waals surface area (Å²) in [6.45, 7) is 1.95. The first-order chi connectivity index (χ1) is 8.52.